The van der Waals surface area contributed by atoms with Crippen LogP contribution in [0.1, 0.15) is 17.2 Å². The molecule has 0 aliphatic rings. The Morgan fingerprint density at radius 3 is 2.27 bits per heavy atom. The van der Waals surface area contributed by atoms with Gasteiger partial charge < -0.3 is 15.6 Å². The topological polar surface area (TPSA) is 55.5 Å². The molecular formula is C14H10BrF4NO2. The van der Waals surface area contributed by atoms with Crippen LogP contribution in [-0.2, 0) is 0 Å². The third kappa shape index (κ3) is 3.89. The van der Waals surface area contributed by atoms with Crippen LogP contribution in [0.4, 0.5) is 17.6 Å². The Kier molecular flexibility index (Phi) is 4.62. The second kappa shape index (κ2) is 6.13. The van der Waals surface area contributed by atoms with Crippen molar-refractivity contribution in [2.24, 2.45) is 5.73 Å². The molecular weight excluding hydrogens is 370 g/mol. The van der Waals surface area contributed by atoms with Crippen LogP contribution in [0.5, 0.6) is 11.5 Å². The van der Waals surface area contributed by atoms with E-state index in [1.165, 1.54) is 12.1 Å². The monoisotopic (exact) mass is 379 g/mol. The number of phenols is 1. The van der Waals surface area contributed by atoms with Gasteiger partial charge in [0.25, 0.3) is 0 Å². The van der Waals surface area contributed by atoms with Crippen LogP contribution in [0.25, 0.3) is 0 Å². The number of benzene rings is 2. The van der Waals surface area contributed by atoms with Crippen molar-refractivity contribution in [3.8, 4) is 11.5 Å². The first-order chi connectivity index (χ1) is 10.2. The first kappa shape index (κ1) is 16.6. The molecule has 8 heteroatoms. The number of ether oxygens (including phenoxy) is 1. The highest BCUT2D eigenvalue weighted by Gasteiger charge is 2.31. The van der Waals surface area contributed by atoms with E-state index in [4.69, 9.17) is 5.73 Å². The molecule has 0 radical (unpaired) electrons. The summed E-state index contributed by atoms with van der Waals surface area (Å²) in [6.45, 7) is 0. The summed E-state index contributed by atoms with van der Waals surface area (Å²) in [5, 5.41) is 9.89. The summed E-state index contributed by atoms with van der Waals surface area (Å²) in [5.41, 5.74) is 6.42. The van der Waals surface area contributed by atoms with Crippen LogP contribution < -0.4 is 10.5 Å². The molecule has 1 atom stereocenters. The summed E-state index contributed by atoms with van der Waals surface area (Å²) >= 11 is 2.99. The van der Waals surface area contributed by atoms with E-state index in [0.29, 0.717) is 5.56 Å². The lowest BCUT2D eigenvalue weighted by Crippen LogP contribution is -2.17. The number of rotatable bonds is 3. The number of alkyl halides is 3. The molecule has 0 heterocycles. The summed E-state index contributed by atoms with van der Waals surface area (Å²) in [6.07, 6.45) is -4.78. The number of nitrogens with two attached hydrogens (primary N) is 1. The Morgan fingerprint density at radius 2 is 1.73 bits per heavy atom. The second-order valence-corrected chi connectivity index (χ2v) is 5.27. The number of phenolic OH excluding ortho intramolecular Hbond substituents is 1. The molecule has 2 aromatic rings. The summed E-state index contributed by atoms with van der Waals surface area (Å²) in [7, 11) is 0. The zero-order valence-electron chi connectivity index (χ0n) is 10.9. The van der Waals surface area contributed by atoms with Crippen molar-refractivity contribution in [2.75, 3.05) is 0 Å². The fourth-order valence-electron chi connectivity index (χ4n) is 1.88. The lowest BCUT2D eigenvalue weighted by Gasteiger charge is -2.16. The minimum atomic E-state index is -4.78. The van der Waals surface area contributed by atoms with Crippen LogP contribution in [0.15, 0.2) is 40.9 Å². The quantitative estimate of drug-likeness (QED) is 0.784. The predicted octanol–water partition coefficient (Wildman–Crippen LogP) is 4.24. The first-order valence-corrected chi connectivity index (χ1v) is 6.76. The van der Waals surface area contributed by atoms with Gasteiger partial charge in [0, 0.05) is 5.56 Å². The Bertz CT molecular complexity index is 674. The molecule has 0 aromatic heterocycles. The third-order valence-corrected chi connectivity index (χ3v) is 3.47. The van der Waals surface area contributed by atoms with Gasteiger partial charge in [0.15, 0.2) is 0 Å². The van der Waals surface area contributed by atoms with Gasteiger partial charge in [-0.05, 0) is 45.8 Å². The van der Waals surface area contributed by atoms with Crippen LogP contribution in [0, 0.1) is 5.82 Å². The molecule has 3 N–H and O–H groups in total. The van der Waals surface area contributed by atoms with E-state index >= 15 is 0 Å². The standard InChI is InChI=1S/C14H10BrF4NO2/c15-11-6-8(16)5-10(13(11)21)12(20)7-1-3-9(4-2-7)22-14(17,18)19/h1-6,12,21H,20H2/t12-/m1/s1. The normalized spacial score (nSPS) is 13.0. The highest BCUT2D eigenvalue weighted by Crippen LogP contribution is 2.35. The first-order valence-electron chi connectivity index (χ1n) is 5.96. The molecule has 0 saturated carbocycles. The Hall–Kier alpha value is -1.80. The van der Waals surface area contributed by atoms with Crippen molar-refractivity contribution >= 4 is 15.9 Å². The molecule has 0 amide bonds. The van der Waals surface area contributed by atoms with Crippen LogP contribution >= 0.6 is 15.9 Å². The largest absolute Gasteiger partial charge is 0.573 e. The van der Waals surface area contributed by atoms with Crippen molar-refractivity contribution in [1.82, 2.24) is 0 Å². The van der Waals surface area contributed by atoms with Crippen molar-refractivity contribution < 1.29 is 27.4 Å². The summed E-state index contributed by atoms with van der Waals surface area (Å²) in [4.78, 5) is 0. The van der Waals surface area contributed by atoms with Crippen LogP contribution in [-0.4, -0.2) is 11.5 Å². The van der Waals surface area contributed by atoms with Gasteiger partial charge >= 0.3 is 6.36 Å². The molecule has 3 nitrogen and oxygen atoms in total. The zero-order chi connectivity index (χ0) is 16.5. The van der Waals surface area contributed by atoms with Gasteiger partial charge in [-0.2, -0.15) is 0 Å². The molecule has 0 saturated heterocycles. The predicted molar refractivity (Wildman–Crippen MR) is 74.9 cm³/mol. The molecule has 118 valence electrons. The van der Waals surface area contributed by atoms with Gasteiger partial charge in [-0.1, -0.05) is 12.1 Å². The van der Waals surface area contributed by atoms with E-state index in [-0.39, 0.29) is 15.8 Å². The third-order valence-electron chi connectivity index (χ3n) is 2.87. The van der Waals surface area contributed by atoms with E-state index in [2.05, 4.69) is 20.7 Å². The molecule has 22 heavy (non-hydrogen) atoms. The number of halogens is 5. The number of aromatic hydroxyl groups is 1. The molecule has 0 aliphatic carbocycles. The minimum Gasteiger partial charge on any atom is -0.506 e. The Balaban J connectivity index is 2.29. The number of hydrogen-bond acceptors (Lipinski definition) is 3. The fourth-order valence-corrected chi connectivity index (χ4v) is 2.33. The molecule has 0 aliphatic heterocycles. The highest BCUT2D eigenvalue weighted by atomic mass is 79.9. The maximum absolute atomic E-state index is 13.4. The zero-order valence-corrected chi connectivity index (χ0v) is 12.5. The average molecular weight is 380 g/mol. The van der Waals surface area contributed by atoms with Gasteiger partial charge in [0.1, 0.15) is 17.3 Å². The maximum Gasteiger partial charge on any atom is 0.573 e. The SMILES string of the molecule is N[C@H](c1ccc(OC(F)(F)F)cc1)c1cc(F)cc(Br)c1O. The van der Waals surface area contributed by atoms with E-state index < -0.39 is 24.0 Å². The van der Waals surface area contributed by atoms with Gasteiger partial charge in [-0.15, -0.1) is 13.2 Å². The van der Waals surface area contributed by atoms with Crippen molar-refractivity contribution in [1.29, 1.82) is 0 Å². The Labute approximate surface area is 131 Å². The van der Waals surface area contributed by atoms with Gasteiger partial charge in [0.05, 0.1) is 10.5 Å². The summed E-state index contributed by atoms with van der Waals surface area (Å²) in [5.74, 6) is -1.23. The Morgan fingerprint density at radius 1 is 1.14 bits per heavy atom. The van der Waals surface area contributed by atoms with E-state index in [1.54, 1.807) is 0 Å². The lowest BCUT2D eigenvalue weighted by molar-refractivity contribution is -0.274. The molecule has 0 bridgehead atoms. The molecule has 0 spiro atoms. The molecule has 0 fully saturated rings. The summed E-state index contributed by atoms with van der Waals surface area (Å²) < 4.78 is 53.5. The maximum atomic E-state index is 13.4. The van der Waals surface area contributed by atoms with Crippen molar-refractivity contribution in [2.45, 2.75) is 12.4 Å². The second-order valence-electron chi connectivity index (χ2n) is 4.42. The number of hydrogen-bond donors (Lipinski definition) is 2. The highest BCUT2D eigenvalue weighted by molar-refractivity contribution is 9.10. The van der Waals surface area contributed by atoms with Gasteiger partial charge in [0.2, 0.25) is 0 Å². The summed E-state index contributed by atoms with van der Waals surface area (Å²) in [6, 6.07) is 6.03. The smallest absolute Gasteiger partial charge is 0.506 e. The fraction of sp³-hybridized carbons (Fsp3) is 0.143. The van der Waals surface area contributed by atoms with E-state index in [0.717, 1.165) is 24.3 Å². The minimum absolute atomic E-state index is 0.108. The van der Waals surface area contributed by atoms with Crippen LogP contribution in [0.3, 0.4) is 0 Å². The van der Waals surface area contributed by atoms with Gasteiger partial charge in [-0.25, -0.2) is 4.39 Å². The molecule has 2 aromatic carbocycles. The molecule has 0 unspecified atom stereocenters. The van der Waals surface area contributed by atoms with Crippen LogP contribution in [0.2, 0.25) is 0 Å². The lowest BCUT2D eigenvalue weighted by atomic mass is 9.98. The molecule has 2 rings (SSSR count). The van der Waals surface area contributed by atoms with E-state index in [9.17, 15) is 22.7 Å². The van der Waals surface area contributed by atoms with Crippen molar-refractivity contribution in [3.63, 3.8) is 0 Å². The van der Waals surface area contributed by atoms with Crippen molar-refractivity contribution in [3.05, 3.63) is 57.8 Å². The average Bonchev–Trinajstić information content (AvgIpc) is 2.41. The van der Waals surface area contributed by atoms with E-state index in [1.807, 2.05) is 0 Å². The van der Waals surface area contributed by atoms with Gasteiger partial charge in [-0.3, -0.25) is 0 Å².